The molecule has 0 saturated heterocycles. The highest BCUT2D eigenvalue weighted by molar-refractivity contribution is 6.74. The van der Waals surface area contributed by atoms with Gasteiger partial charge in [0.2, 0.25) is 0 Å². The van der Waals surface area contributed by atoms with Crippen LogP contribution in [-0.2, 0) is 13.3 Å². The molecular weight excluding hydrogens is 601 g/mol. The first-order valence-electron chi connectivity index (χ1n) is 18.7. The van der Waals surface area contributed by atoms with Crippen molar-refractivity contribution in [2.75, 3.05) is 0 Å². The van der Waals surface area contributed by atoms with E-state index >= 15 is 0 Å². The molecule has 0 unspecified atom stereocenters. The molecule has 0 bridgehead atoms. The van der Waals surface area contributed by atoms with Crippen molar-refractivity contribution in [3.8, 4) is 0 Å². The molecule has 0 aromatic rings. The quantitative estimate of drug-likeness (QED) is 0.204. The van der Waals surface area contributed by atoms with Crippen molar-refractivity contribution in [2.45, 2.75) is 213 Å². The SMILES string of the molecule is CC(C)(CCC[C@@H]1CC[C@]2(CCCC(=CC=C3C[C@@H](O[Si](C)(C)C(C)(C)C)C[C@H](O[Si](C)(C)C(C)(C)C)C3)C2)C1)O[Si](C)(C)C. The number of hydrogen-bond acceptors (Lipinski definition) is 3. The maximum Gasteiger partial charge on any atom is 0.192 e. The second kappa shape index (κ2) is 14.5. The molecule has 0 heterocycles. The van der Waals surface area contributed by atoms with Crippen LogP contribution >= 0.6 is 0 Å². The third kappa shape index (κ3) is 11.8. The van der Waals surface area contributed by atoms with Crippen LogP contribution in [0.2, 0.25) is 55.9 Å². The highest BCUT2D eigenvalue weighted by atomic mass is 28.4. The molecule has 3 aliphatic carbocycles. The minimum Gasteiger partial charge on any atom is -0.414 e. The van der Waals surface area contributed by atoms with Gasteiger partial charge in [-0.15, -0.1) is 0 Å². The molecule has 6 heteroatoms. The van der Waals surface area contributed by atoms with Gasteiger partial charge in [0.1, 0.15) is 0 Å². The summed E-state index contributed by atoms with van der Waals surface area (Å²) in [6.45, 7) is 35.4. The highest BCUT2D eigenvalue weighted by Crippen LogP contribution is 2.54. The largest absolute Gasteiger partial charge is 0.414 e. The third-order valence-corrected chi connectivity index (χ3v) is 22.4. The van der Waals surface area contributed by atoms with Gasteiger partial charge >= 0.3 is 0 Å². The molecule has 0 radical (unpaired) electrons. The summed E-state index contributed by atoms with van der Waals surface area (Å²) in [5, 5.41) is 0.444. The van der Waals surface area contributed by atoms with Crippen LogP contribution in [0.4, 0.5) is 0 Å². The van der Waals surface area contributed by atoms with Crippen molar-refractivity contribution in [3.63, 3.8) is 0 Å². The smallest absolute Gasteiger partial charge is 0.192 e. The van der Waals surface area contributed by atoms with Gasteiger partial charge < -0.3 is 13.3 Å². The summed E-state index contributed by atoms with van der Waals surface area (Å²) in [4.78, 5) is 0. The number of rotatable bonds is 11. The van der Waals surface area contributed by atoms with Crippen LogP contribution in [0.5, 0.6) is 0 Å². The van der Waals surface area contributed by atoms with E-state index in [1.807, 2.05) is 0 Å². The molecule has 262 valence electrons. The normalized spacial score (nSPS) is 28.7. The Kier molecular flexibility index (Phi) is 12.7. The Morgan fingerprint density at radius 3 is 1.80 bits per heavy atom. The Morgan fingerprint density at radius 1 is 0.756 bits per heavy atom. The van der Waals surface area contributed by atoms with E-state index < -0.39 is 25.0 Å². The first-order chi connectivity index (χ1) is 20.3. The van der Waals surface area contributed by atoms with E-state index in [0.717, 1.165) is 25.2 Å². The molecule has 3 aliphatic rings. The van der Waals surface area contributed by atoms with Crippen LogP contribution in [-0.4, -0.2) is 42.8 Å². The average molecular weight is 677 g/mol. The topological polar surface area (TPSA) is 27.7 Å². The molecule has 3 rings (SSSR count). The van der Waals surface area contributed by atoms with Crippen LogP contribution in [0.1, 0.15) is 139 Å². The number of hydrogen-bond donors (Lipinski definition) is 0. The predicted molar refractivity (Wildman–Crippen MR) is 205 cm³/mol. The standard InChI is InChI=1S/C39H76O3Si3/c1-36(2,3)44(12,13)40-34-26-33(27-35(28-34)41-45(14,15)37(4,5)6)21-20-31-19-17-24-39(29-31)25-22-32(30-39)18-16-23-38(7,8)42-43(9,10)11/h20-21,32,34-35H,16-19,22-30H2,1-15H3/t32-,34-,35-,39+/m1/s1. The van der Waals surface area contributed by atoms with Crippen LogP contribution in [0.15, 0.2) is 23.3 Å². The van der Waals surface area contributed by atoms with Gasteiger partial charge in [0.05, 0.1) is 17.8 Å². The van der Waals surface area contributed by atoms with E-state index in [1.54, 1.807) is 11.1 Å². The van der Waals surface area contributed by atoms with Crippen molar-refractivity contribution in [2.24, 2.45) is 11.3 Å². The summed E-state index contributed by atoms with van der Waals surface area (Å²) >= 11 is 0. The second-order valence-electron chi connectivity index (χ2n) is 20.3. The molecule has 0 aromatic heterocycles. The fourth-order valence-corrected chi connectivity index (χ4v) is 12.5. The van der Waals surface area contributed by atoms with E-state index in [2.05, 4.69) is 113 Å². The molecule has 45 heavy (non-hydrogen) atoms. The molecule has 1 spiro atoms. The first-order valence-corrected chi connectivity index (χ1v) is 28.0. The Bertz CT molecular complexity index is 999. The fourth-order valence-electron chi connectivity index (χ4n) is 8.01. The van der Waals surface area contributed by atoms with Crippen LogP contribution in [0.3, 0.4) is 0 Å². The molecule has 0 aromatic carbocycles. The van der Waals surface area contributed by atoms with E-state index in [4.69, 9.17) is 13.3 Å². The predicted octanol–water partition coefficient (Wildman–Crippen LogP) is 13.0. The summed E-state index contributed by atoms with van der Waals surface area (Å²) in [6, 6.07) is 0. The second-order valence-corrected chi connectivity index (χ2v) is 34.2. The summed E-state index contributed by atoms with van der Waals surface area (Å²) < 4.78 is 20.6. The monoisotopic (exact) mass is 677 g/mol. The van der Waals surface area contributed by atoms with Gasteiger partial charge in [0.25, 0.3) is 0 Å². The van der Waals surface area contributed by atoms with Crippen LogP contribution < -0.4 is 0 Å². The Labute approximate surface area is 284 Å². The van der Waals surface area contributed by atoms with Crippen LogP contribution in [0, 0.1) is 11.3 Å². The maximum atomic E-state index is 7.07. The summed E-state index contributed by atoms with van der Waals surface area (Å²) in [5.41, 5.74) is 3.84. The molecule has 4 atom stereocenters. The van der Waals surface area contributed by atoms with Gasteiger partial charge in [-0.2, -0.15) is 0 Å². The van der Waals surface area contributed by atoms with Crippen LogP contribution in [0.25, 0.3) is 0 Å². The first kappa shape index (κ1) is 39.4. The minimum atomic E-state index is -1.85. The molecule has 3 nitrogen and oxygen atoms in total. The molecule has 3 fully saturated rings. The van der Waals surface area contributed by atoms with Gasteiger partial charge in [-0.05, 0) is 152 Å². The summed E-state index contributed by atoms with van der Waals surface area (Å²) in [6.07, 6.45) is 22.4. The zero-order chi connectivity index (χ0) is 34.1. The molecule has 0 amide bonds. The Morgan fingerprint density at radius 2 is 1.29 bits per heavy atom. The molecule has 0 aliphatic heterocycles. The Balaban J connectivity index is 1.67. The van der Waals surface area contributed by atoms with Crippen molar-refractivity contribution in [1.29, 1.82) is 0 Å². The lowest BCUT2D eigenvalue weighted by Gasteiger charge is -2.45. The Hall–Kier alpha value is 0.0106. The minimum absolute atomic E-state index is 0.0254. The fraction of sp³-hybridized carbons (Fsp3) is 0.897. The van der Waals surface area contributed by atoms with E-state index in [9.17, 15) is 0 Å². The van der Waals surface area contributed by atoms with Gasteiger partial charge in [0, 0.05) is 0 Å². The summed E-state index contributed by atoms with van der Waals surface area (Å²) in [7, 11) is -5.21. The van der Waals surface area contributed by atoms with Gasteiger partial charge in [0.15, 0.2) is 25.0 Å². The zero-order valence-corrected chi connectivity index (χ0v) is 35.8. The molecule has 3 saturated carbocycles. The van der Waals surface area contributed by atoms with Crippen molar-refractivity contribution in [3.05, 3.63) is 23.3 Å². The highest BCUT2D eigenvalue weighted by Gasteiger charge is 2.44. The average Bonchev–Trinajstić information content (AvgIpc) is 3.20. The van der Waals surface area contributed by atoms with Crippen molar-refractivity contribution >= 4 is 25.0 Å². The van der Waals surface area contributed by atoms with Crippen molar-refractivity contribution < 1.29 is 13.3 Å². The lowest BCUT2D eigenvalue weighted by atomic mass is 9.70. The van der Waals surface area contributed by atoms with Crippen molar-refractivity contribution in [1.82, 2.24) is 0 Å². The van der Waals surface area contributed by atoms with Gasteiger partial charge in [-0.1, -0.05) is 77.7 Å². The lowest BCUT2D eigenvalue weighted by Crippen LogP contribution is -2.48. The zero-order valence-electron chi connectivity index (χ0n) is 32.8. The van der Waals surface area contributed by atoms with E-state index in [0.29, 0.717) is 5.41 Å². The maximum absolute atomic E-state index is 7.07. The number of allylic oxidation sites excluding steroid dienone is 3. The molecule has 0 N–H and O–H groups in total. The van der Waals surface area contributed by atoms with E-state index in [-0.39, 0.29) is 27.9 Å². The summed E-state index contributed by atoms with van der Waals surface area (Å²) in [5.74, 6) is 0.908. The van der Waals surface area contributed by atoms with Gasteiger partial charge in [-0.3, -0.25) is 0 Å². The van der Waals surface area contributed by atoms with Gasteiger partial charge in [-0.25, -0.2) is 0 Å². The molecular formula is C39H76O3Si3. The lowest BCUT2D eigenvalue weighted by molar-refractivity contribution is 0.0725. The third-order valence-electron chi connectivity index (χ3n) is 12.2. The van der Waals surface area contributed by atoms with E-state index in [1.165, 1.54) is 64.2 Å².